The Balaban J connectivity index is 1.92. The van der Waals surface area contributed by atoms with Crippen LogP contribution in [-0.4, -0.2) is 44.1 Å². The van der Waals surface area contributed by atoms with E-state index in [9.17, 15) is 17.6 Å². The SMILES string of the molecule is CC(C)(C)OC(=O)NCC1CCCN(S(=O)(=O)Cc2ccccc2F)C1. The molecule has 2 rings (SSSR count). The Kier molecular flexibility index (Phi) is 6.63. The summed E-state index contributed by atoms with van der Waals surface area (Å²) in [5, 5.41) is 2.70. The number of halogens is 1. The van der Waals surface area contributed by atoms with Crippen LogP contribution in [0.25, 0.3) is 0 Å². The topological polar surface area (TPSA) is 75.7 Å². The molecule has 1 aliphatic rings. The fourth-order valence-electron chi connectivity index (χ4n) is 2.89. The summed E-state index contributed by atoms with van der Waals surface area (Å²) in [7, 11) is -3.61. The summed E-state index contributed by atoms with van der Waals surface area (Å²) >= 11 is 0. The van der Waals surface area contributed by atoms with E-state index in [-0.39, 0.29) is 17.2 Å². The number of alkyl carbamates (subject to hydrolysis) is 1. The van der Waals surface area contributed by atoms with Gasteiger partial charge in [-0.3, -0.25) is 0 Å². The molecular weight excluding hydrogens is 359 g/mol. The molecule has 0 aliphatic carbocycles. The molecule has 1 fully saturated rings. The van der Waals surface area contributed by atoms with Crippen LogP contribution in [0.5, 0.6) is 0 Å². The number of benzene rings is 1. The van der Waals surface area contributed by atoms with Gasteiger partial charge in [-0.1, -0.05) is 18.2 Å². The van der Waals surface area contributed by atoms with Gasteiger partial charge in [-0.25, -0.2) is 21.9 Å². The minimum Gasteiger partial charge on any atom is -0.444 e. The van der Waals surface area contributed by atoms with E-state index in [1.54, 1.807) is 26.8 Å². The standard InChI is InChI=1S/C18H27FN2O4S/c1-18(2,3)25-17(22)20-11-14-7-6-10-21(12-14)26(23,24)13-15-8-4-5-9-16(15)19/h4-5,8-9,14H,6-7,10-13H2,1-3H3,(H,20,22). The number of carbonyl (C=O) groups excluding carboxylic acids is 1. The second kappa shape index (κ2) is 8.35. The zero-order chi connectivity index (χ0) is 19.4. The van der Waals surface area contributed by atoms with Crippen molar-refractivity contribution in [3.63, 3.8) is 0 Å². The highest BCUT2D eigenvalue weighted by atomic mass is 32.2. The molecule has 8 heteroatoms. The maximum absolute atomic E-state index is 13.8. The van der Waals surface area contributed by atoms with E-state index in [0.29, 0.717) is 26.1 Å². The smallest absolute Gasteiger partial charge is 0.407 e. The van der Waals surface area contributed by atoms with Crippen LogP contribution < -0.4 is 5.32 Å². The van der Waals surface area contributed by atoms with Crippen molar-refractivity contribution in [2.75, 3.05) is 19.6 Å². The fourth-order valence-corrected chi connectivity index (χ4v) is 4.55. The summed E-state index contributed by atoms with van der Waals surface area (Å²) in [6.45, 7) is 6.42. The van der Waals surface area contributed by atoms with Gasteiger partial charge < -0.3 is 10.1 Å². The first-order valence-corrected chi connectivity index (χ1v) is 10.4. The van der Waals surface area contributed by atoms with Gasteiger partial charge in [-0.05, 0) is 45.6 Å². The van der Waals surface area contributed by atoms with Crippen LogP contribution in [0.3, 0.4) is 0 Å². The van der Waals surface area contributed by atoms with Gasteiger partial charge in [0.2, 0.25) is 10.0 Å². The quantitative estimate of drug-likeness (QED) is 0.844. The monoisotopic (exact) mass is 386 g/mol. The molecule has 26 heavy (non-hydrogen) atoms. The molecule has 1 heterocycles. The van der Waals surface area contributed by atoms with Crippen molar-refractivity contribution in [3.05, 3.63) is 35.6 Å². The van der Waals surface area contributed by atoms with Gasteiger partial charge in [0, 0.05) is 25.2 Å². The van der Waals surface area contributed by atoms with E-state index in [2.05, 4.69) is 5.32 Å². The van der Waals surface area contributed by atoms with E-state index < -0.39 is 27.5 Å². The van der Waals surface area contributed by atoms with Crippen LogP contribution in [0, 0.1) is 11.7 Å². The molecule has 0 radical (unpaired) electrons. The van der Waals surface area contributed by atoms with Crippen molar-refractivity contribution in [2.24, 2.45) is 5.92 Å². The molecule has 1 unspecified atom stereocenters. The number of amides is 1. The molecule has 0 spiro atoms. The van der Waals surface area contributed by atoms with Crippen molar-refractivity contribution in [2.45, 2.75) is 45.0 Å². The molecule has 146 valence electrons. The normalized spacial score (nSPS) is 19.2. The molecule has 0 bridgehead atoms. The molecule has 0 saturated carbocycles. The van der Waals surface area contributed by atoms with Gasteiger partial charge in [-0.2, -0.15) is 0 Å². The maximum Gasteiger partial charge on any atom is 0.407 e. The Hall–Kier alpha value is -1.67. The van der Waals surface area contributed by atoms with E-state index in [1.165, 1.54) is 22.5 Å². The van der Waals surface area contributed by atoms with Crippen molar-refractivity contribution >= 4 is 16.1 Å². The predicted octanol–water partition coefficient (Wildman–Crippen LogP) is 2.89. The van der Waals surface area contributed by atoms with Crippen LogP contribution in [0.1, 0.15) is 39.2 Å². The highest BCUT2D eigenvalue weighted by Gasteiger charge is 2.30. The van der Waals surface area contributed by atoms with E-state index >= 15 is 0 Å². The Morgan fingerprint density at radius 3 is 2.69 bits per heavy atom. The van der Waals surface area contributed by atoms with Crippen LogP contribution in [0.2, 0.25) is 0 Å². The van der Waals surface area contributed by atoms with Crippen LogP contribution >= 0.6 is 0 Å². The number of nitrogens with zero attached hydrogens (tertiary/aromatic N) is 1. The minimum atomic E-state index is -3.61. The molecule has 1 aromatic carbocycles. The summed E-state index contributed by atoms with van der Waals surface area (Å²) < 4.78 is 45.6. The zero-order valence-corrected chi connectivity index (χ0v) is 16.3. The third-order valence-corrected chi connectivity index (χ3v) is 5.90. The van der Waals surface area contributed by atoms with Crippen molar-refractivity contribution < 1.29 is 22.3 Å². The fraction of sp³-hybridized carbons (Fsp3) is 0.611. The number of ether oxygens (including phenoxy) is 1. The number of hydrogen-bond donors (Lipinski definition) is 1. The third-order valence-electron chi connectivity index (χ3n) is 4.10. The molecule has 0 aromatic heterocycles. The average molecular weight is 386 g/mol. The number of piperidine rings is 1. The van der Waals surface area contributed by atoms with Crippen LogP contribution in [0.15, 0.2) is 24.3 Å². The lowest BCUT2D eigenvalue weighted by molar-refractivity contribution is 0.0513. The van der Waals surface area contributed by atoms with E-state index in [1.807, 2.05) is 0 Å². The van der Waals surface area contributed by atoms with Gasteiger partial charge in [0.1, 0.15) is 11.4 Å². The lowest BCUT2D eigenvalue weighted by atomic mass is 10.00. The highest BCUT2D eigenvalue weighted by Crippen LogP contribution is 2.22. The third kappa shape index (κ3) is 6.25. The summed E-state index contributed by atoms with van der Waals surface area (Å²) in [4.78, 5) is 11.8. The van der Waals surface area contributed by atoms with Crippen LogP contribution in [-0.2, 0) is 20.5 Å². The first kappa shape index (κ1) is 20.6. The van der Waals surface area contributed by atoms with Crippen molar-refractivity contribution in [1.82, 2.24) is 9.62 Å². The van der Waals surface area contributed by atoms with Crippen molar-refractivity contribution in [3.8, 4) is 0 Å². The first-order valence-electron chi connectivity index (χ1n) is 8.75. The van der Waals surface area contributed by atoms with Gasteiger partial charge in [0.05, 0.1) is 5.75 Å². The van der Waals surface area contributed by atoms with Gasteiger partial charge in [0.25, 0.3) is 0 Å². The molecule has 1 atom stereocenters. The lowest BCUT2D eigenvalue weighted by Crippen LogP contribution is -2.44. The van der Waals surface area contributed by atoms with Gasteiger partial charge >= 0.3 is 6.09 Å². The summed E-state index contributed by atoms with van der Waals surface area (Å²) in [5.74, 6) is -0.866. The molecule has 1 saturated heterocycles. The molecular formula is C18H27FN2O4S. The average Bonchev–Trinajstić information content (AvgIpc) is 2.54. The summed E-state index contributed by atoms with van der Waals surface area (Å²) in [6, 6.07) is 5.90. The Morgan fingerprint density at radius 1 is 1.35 bits per heavy atom. The molecule has 1 N–H and O–H groups in total. The van der Waals surface area contributed by atoms with Crippen molar-refractivity contribution in [1.29, 1.82) is 0 Å². The Morgan fingerprint density at radius 2 is 2.04 bits per heavy atom. The number of hydrogen-bond acceptors (Lipinski definition) is 4. The largest absolute Gasteiger partial charge is 0.444 e. The minimum absolute atomic E-state index is 0.00617. The molecule has 1 aliphatic heterocycles. The zero-order valence-electron chi connectivity index (χ0n) is 15.5. The number of sulfonamides is 1. The van der Waals surface area contributed by atoms with Crippen LogP contribution in [0.4, 0.5) is 9.18 Å². The number of nitrogens with one attached hydrogen (secondary N) is 1. The maximum atomic E-state index is 13.8. The number of carbonyl (C=O) groups is 1. The Bertz CT molecular complexity index is 731. The molecule has 1 amide bonds. The summed E-state index contributed by atoms with van der Waals surface area (Å²) in [5.41, 5.74) is -0.410. The molecule has 1 aromatic rings. The van der Waals surface area contributed by atoms with E-state index in [4.69, 9.17) is 4.74 Å². The highest BCUT2D eigenvalue weighted by molar-refractivity contribution is 7.88. The lowest BCUT2D eigenvalue weighted by Gasteiger charge is -2.32. The second-order valence-corrected chi connectivity index (χ2v) is 9.57. The Labute approximate surface area is 154 Å². The molecule has 6 nitrogen and oxygen atoms in total. The number of rotatable bonds is 5. The van der Waals surface area contributed by atoms with E-state index in [0.717, 1.165) is 6.42 Å². The van der Waals surface area contributed by atoms with Gasteiger partial charge in [0.15, 0.2) is 0 Å². The predicted molar refractivity (Wildman–Crippen MR) is 97.6 cm³/mol. The second-order valence-electron chi connectivity index (χ2n) is 7.60. The summed E-state index contributed by atoms with van der Waals surface area (Å²) in [6.07, 6.45) is 1.02. The first-order chi connectivity index (χ1) is 12.1. The van der Waals surface area contributed by atoms with Gasteiger partial charge in [-0.15, -0.1) is 0 Å².